The van der Waals surface area contributed by atoms with Crippen LogP contribution in [0.15, 0.2) is 24.3 Å². The number of benzene rings is 1. The van der Waals surface area contributed by atoms with Crippen LogP contribution in [-0.2, 0) is 14.3 Å². The molecule has 1 amide bonds. The van der Waals surface area contributed by atoms with Gasteiger partial charge < -0.3 is 9.47 Å². The van der Waals surface area contributed by atoms with E-state index in [1.54, 1.807) is 7.11 Å². The van der Waals surface area contributed by atoms with E-state index in [0.29, 0.717) is 12.5 Å². The fraction of sp³-hybridized carbons (Fsp3) is 0.588. The molecule has 23 heavy (non-hydrogen) atoms. The molecule has 0 bridgehead atoms. The molecule has 0 spiro atoms. The monoisotopic (exact) mass is 433 g/mol. The Kier molecular flexibility index (Phi) is 7.10. The Bertz CT molecular complexity index is 519. The first kappa shape index (κ1) is 18.5. The van der Waals surface area contributed by atoms with Crippen LogP contribution < -0.4 is 0 Å². The number of amides is 1. The lowest BCUT2D eigenvalue weighted by atomic mass is 10.1. The SMILES string of the molecule is CO[C@@H](ON(C(=O)OCCC(C)C)C1CC1)c1ccccc1I. The first-order chi connectivity index (χ1) is 11.0. The van der Waals surface area contributed by atoms with Gasteiger partial charge in [0, 0.05) is 16.2 Å². The molecular formula is C17H24INO4. The molecule has 0 unspecified atom stereocenters. The molecule has 1 aromatic rings. The summed E-state index contributed by atoms with van der Waals surface area (Å²) in [7, 11) is 1.57. The molecule has 0 radical (unpaired) electrons. The lowest BCUT2D eigenvalue weighted by Crippen LogP contribution is -2.36. The molecule has 0 aromatic heterocycles. The van der Waals surface area contributed by atoms with Gasteiger partial charge in [-0.1, -0.05) is 32.0 Å². The number of nitrogens with zero attached hydrogens (tertiary/aromatic N) is 1. The average molecular weight is 433 g/mol. The maximum atomic E-state index is 12.3. The predicted molar refractivity (Wildman–Crippen MR) is 95.7 cm³/mol. The summed E-state index contributed by atoms with van der Waals surface area (Å²) in [5.41, 5.74) is 0.899. The van der Waals surface area contributed by atoms with Crippen LogP contribution in [0.3, 0.4) is 0 Å². The summed E-state index contributed by atoms with van der Waals surface area (Å²) in [5, 5.41) is 1.34. The molecule has 128 valence electrons. The van der Waals surface area contributed by atoms with Crippen molar-refractivity contribution >= 4 is 28.7 Å². The van der Waals surface area contributed by atoms with E-state index in [1.807, 2.05) is 24.3 Å². The molecule has 1 saturated carbocycles. The molecule has 0 N–H and O–H groups in total. The van der Waals surface area contributed by atoms with Crippen LogP contribution in [0.4, 0.5) is 4.79 Å². The van der Waals surface area contributed by atoms with Crippen molar-refractivity contribution in [2.75, 3.05) is 13.7 Å². The van der Waals surface area contributed by atoms with E-state index in [1.165, 1.54) is 5.06 Å². The van der Waals surface area contributed by atoms with Crippen LogP contribution in [0.25, 0.3) is 0 Å². The molecule has 1 atom stereocenters. The van der Waals surface area contributed by atoms with Crippen LogP contribution >= 0.6 is 22.6 Å². The summed E-state index contributed by atoms with van der Waals surface area (Å²) in [6, 6.07) is 7.88. The summed E-state index contributed by atoms with van der Waals surface area (Å²) >= 11 is 2.23. The fourth-order valence-corrected chi connectivity index (χ4v) is 2.67. The fourth-order valence-electron chi connectivity index (χ4n) is 2.03. The van der Waals surface area contributed by atoms with E-state index in [9.17, 15) is 4.79 Å². The van der Waals surface area contributed by atoms with E-state index in [0.717, 1.165) is 28.4 Å². The zero-order chi connectivity index (χ0) is 16.8. The number of ether oxygens (including phenoxy) is 2. The molecule has 5 nitrogen and oxygen atoms in total. The second kappa shape index (κ2) is 8.84. The van der Waals surface area contributed by atoms with Crippen molar-refractivity contribution in [3.8, 4) is 0 Å². The Labute approximate surface area is 151 Å². The summed E-state index contributed by atoms with van der Waals surface area (Å²) in [4.78, 5) is 18.1. The Morgan fingerprint density at radius 2 is 2.04 bits per heavy atom. The molecule has 6 heteroatoms. The third kappa shape index (κ3) is 5.61. The molecule has 0 saturated heterocycles. The van der Waals surface area contributed by atoms with Gasteiger partial charge in [-0.3, -0.25) is 0 Å². The van der Waals surface area contributed by atoms with E-state index in [2.05, 4.69) is 36.4 Å². The Morgan fingerprint density at radius 3 is 2.61 bits per heavy atom. The van der Waals surface area contributed by atoms with Crippen LogP contribution in [-0.4, -0.2) is 30.9 Å². The maximum absolute atomic E-state index is 12.3. The van der Waals surface area contributed by atoms with Crippen LogP contribution in [0.2, 0.25) is 0 Å². The summed E-state index contributed by atoms with van der Waals surface area (Å²) < 4.78 is 11.8. The molecule has 1 aromatic carbocycles. The zero-order valence-corrected chi connectivity index (χ0v) is 16.0. The zero-order valence-electron chi connectivity index (χ0n) is 13.8. The number of hydrogen-bond acceptors (Lipinski definition) is 4. The topological polar surface area (TPSA) is 48.0 Å². The maximum Gasteiger partial charge on any atom is 0.434 e. The summed E-state index contributed by atoms with van der Waals surface area (Å²) in [5.74, 6) is 0.496. The molecule has 2 rings (SSSR count). The van der Waals surface area contributed by atoms with E-state index >= 15 is 0 Å². The highest BCUT2D eigenvalue weighted by Gasteiger charge is 2.37. The molecule has 0 heterocycles. The van der Waals surface area contributed by atoms with Crippen molar-refractivity contribution in [1.29, 1.82) is 0 Å². The van der Waals surface area contributed by atoms with Gasteiger partial charge in [-0.2, -0.15) is 5.06 Å². The van der Waals surface area contributed by atoms with Crippen molar-refractivity contribution in [2.24, 2.45) is 5.92 Å². The normalized spacial score (nSPS) is 15.5. The molecule has 1 aliphatic carbocycles. The Morgan fingerprint density at radius 1 is 1.35 bits per heavy atom. The molecule has 0 aliphatic heterocycles. The third-order valence-electron chi connectivity index (χ3n) is 3.56. The van der Waals surface area contributed by atoms with Crippen molar-refractivity contribution in [3.05, 3.63) is 33.4 Å². The lowest BCUT2D eigenvalue weighted by molar-refractivity contribution is -0.263. The van der Waals surface area contributed by atoms with Gasteiger partial charge in [-0.05, 0) is 53.8 Å². The van der Waals surface area contributed by atoms with Gasteiger partial charge in [0.2, 0.25) is 6.29 Å². The highest BCUT2D eigenvalue weighted by atomic mass is 127. The first-order valence-electron chi connectivity index (χ1n) is 7.93. The lowest BCUT2D eigenvalue weighted by Gasteiger charge is -2.26. The quantitative estimate of drug-likeness (QED) is 0.344. The highest BCUT2D eigenvalue weighted by Crippen LogP contribution is 2.32. The van der Waals surface area contributed by atoms with Gasteiger partial charge in [-0.25, -0.2) is 9.63 Å². The van der Waals surface area contributed by atoms with Crippen molar-refractivity contribution in [2.45, 2.75) is 45.4 Å². The van der Waals surface area contributed by atoms with Gasteiger partial charge in [0.1, 0.15) is 0 Å². The number of hydroxylamine groups is 2. The Balaban J connectivity index is 2.00. The van der Waals surface area contributed by atoms with Crippen LogP contribution in [0.1, 0.15) is 45.0 Å². The van der Waals surface area contributed by atoms with Gasteiger partial charge in [0.15, 0.2) is 0 Å². The smallest absolute Gasteiger partial charge is 0.434 e. The van der Waals surface area contributed by atoms with Gasteiger partial charge in [0.25, 0.3) is 0 Å². The van der Waals surface area contributed by atoms with Crippen LogP contribution in [0, 0.1) is 9.49 Å². The molecule has 1 aliphatic rings. The molecule has 1 fully saturated rings. The summed E-state index contributed by atoms with van der Waals surface area (Å²) in [6.45, 7) is 4.60. The van der Waals surface area contributed by atoms with Crippen molar-refractivity contribution in [1.82, 2.24) is 5.06 Å². The third-order valence-corrected chi connectivity index (χ3v) is 4.54. The van der Waals surface area contributed by atoms with E-state index in [4.69, 9.17) is 14.3 Å². The average Bonchev–Trinajstić information content (AvgIpc) is 3.33. The minimum absolute atomic E-state index is 0.0839. The first-order valence-corrected chi connectivity index (χ1v) is 9.00. The second-order valence-electron chi connectivity index (χ2n) is 6.05. The standard InChI is InChI=1S/C17H24INO4/c1-12(2)10-11-22-17(20)19(13-8-9-13)23-16(21-3)14-6-4-5-7-15(14)18/h4-7,12-13,16H,8-11H2,1-3H3/t16-/m0/s1. The Hall–Kier alpha value is -0.860. The predicted octanol–water partition coefficient (Wildman–Crippen LogP) is 4.51. The molecular weight excluding hydrogens is 409 g/mol. The number of methoxy groups -OCH3 is 1. The van der Waals surface area contributed by atoms with E-state index in [-0.39, 0.29) is 6.04 Å². The number of carbonyl (C=O) groups is 1. The number of halogens is 1. The highest BCUT2D eigenvalue weighted by molar-refractivity contribution is 14.1. The largest absolute Gasteiger partial charge is 0.448 e. The van der Waals surface area contributed by atoms with Gasteiger partial charge in [-0.15, -0.1) is 0 Å². The minimum atomic E-state index is -0.624. The summed E-state index contributed by atoms with van der Waals surface area (Å²) in [6.07, 6.45) is 1.65. The van der Waals surface area contributed by atoms with Gasteiger partial charge in [0.05, 0.1) is 12.6 Å². The van der Waals surface area contributed by atoms with Crippen molar-refractivity contribution < 1.29 is 19.1 Å². The van der Waals surface area contributed by atoms with Crippen molar-refractivity contribution in [3.63, 3.8) is 0 Å². The van der Waals surface area contributed by atoms with E-state index < -0.39 is 12.4 Å². The second-order valence-corrected chi connectivity index (χ2v) is 7.21. The number of carbonyl (C=O) groups excluding carboxylic acids is 1. The van der Waals surface area contributed by atoms with Crippen LogP contribution in [0.5, 0.6) is 0 Å². The van der Waals surface area contributed by atoms with Gasteiger partial charge >= 0.3 is 6.09 Å². The number of hydrogen-bond donors (Lipinski definition) is 0. The minimum Gasteiger partial charge on any atom is -0.448 e. The number of rotatable bonds is 8.